The summed E-state index contributed by atoms with van der Waals surface area (Å²) in [6.07, 6.45) is 5.32. The molecule has 4 heterocycles. The van der Waals surface area contributed by atoms with E-state index in [1.807, 2.05) is 4.90 Å². The summed E-state index contributed by atoms with van der Waals surface area (Å²) in [6.45, 7) is 3.45. The topological polar surface area (TPSA) is 97.6 Å². The van der Waals surface area contributed by atoms with Crippen LogP contribution in [0.25, 0.3) is 0 Å². The lowest BCUT2D eigenvalue weighted by Gasteiger charge is -2.38. The van der Waals surface area contributed by atoms with E-state index in [2.05, 4.69) is 15.5 Å². The normalized spacial score (nSPS) is 21.4. The predicted octanol–water partition coefficient (Wildman–Crippen LogP) is 1.57. The standard InChI is InChI=1S/C19H22N4O4/c1-13-15(11-21-27-13)18(25)23-8-5-19(6-9-23)10-14(12-26-19)22-17(24)16-4-2-3-7-20-16/h2-4,7,11,14H,5-6,8-10,12H2,1H3,(H,22,24)/t14-/m1/s1. The number of nitrogens with zero attached hydrogens (tertiary/aromatic N) is 3. The summed E-state index contributed by atoms with van der Waals surface area (Å²) < 4.78 is 11.1. The maximum Gasteiger partial charge on any atom is 0.270 e. The number of likely N-dealkylation sites (tertiary alicyclic amines) is 1. The molecule has 0 unspecified atom stereocenters. The molecule has 2 aliphatic rings. The number of amides is 2. The quantitative estimate of drug-likeness (QED) is 0.881. The van der Waals surface area contributed by atoms with Crippen molar-refractivity contribution in [2.75, 3.05) is 19.7 Å². The molecular weight excluding hydrogens is 348 g/mol. The molecule has 0 aromatic carbocycles. The summed E-state index contributed by atoms with van der Waals surface area (Å²) in [4.78, 5) is 30.7. The Labute approximate surface area is 156 Å². The van der Waals surface area contributed by atoms with Crippen molar-refractivity contribution in [1.82, 2.24) is 20.4 Å². The summed E-state index contributed by atoms with van der Waals surface area (Å²) in [5, 5.41) is 6.68. The van der Waals surface area contributed by atoms with Crippen molar-refractivity contribution in [3.05, 3.63) is 47.6 Å². The molecule has 1 spiro atoms. The van der Waals surface area contributed by atoms with E-state index in [4.69, 9.17) is 9.26 Å². The molecule has 1 atom stereocenters. The van der Waals surface area contributed by atoms with Crippen LogP contribution in [0, 0.1) is 6.92 Å². The Morgan fingerprint density at radius 2 is 2.11 bits per heavy atom. The minimum atomic E-state index is -0.275. The maximum atomic E-state index is 12.6. The number of hydrogen-bond donors (Lipinski definition) is 1. The number of piperidine rings is 1. The summed E-state index contributed by atoms with van der Waals surface area (Å²) in [7, 11) is 0. The van der Waals surface area contributed by atoms with Gasteiger partial charge in [0, 0.05) is 19.3 Å². The highest BCUT2D eigenvalue weighted by atomic mass is 16.5. The van der Waals surface area contributed by atoms with E-state index >= 15 is 0 Å². The lowest BCUT2D eigenvalue weighted by atomic mass is 9.87. The molecule has 142 valence electrons. The molecule has 2 aromatic rings. The average Bonchev–Trinajstić information content (AvgIpc) is 3.29. The number of aromatic nitrogens is 2. The zero-order chi connectivity index (χ0) is 18.9. The molecule has 2 amide bonds. The maximum absolute atomic E-state index is 12.6. The Bertz CT molecular complexity index is 827. The first-order chi connectivity index (χ1) is 13.1. The van der Waals surface area contributed by atoms with E-state index in [9.17, 15) is 9.59 Å². The molecule has 0 aliphatic carbocycles. The van der Waals surface area contributed by atoms with Gasteiger partial charge in [0.1, 0.15) is 17.0 Å². The van der Waals surface area contributed by atoms with Gasteiger partial charge in [0.2, 0.25) is 0 Å². The highest BCUT2D eigenvalue weighted by molar-refractivity contribution is 5.95. The number of ether oxygens (including phenoxy) is 1. The van der Waals surface area contributed by atoms with Gasteiger partial charge in [-0.15, -0.1) is 0 Å². The van der Waals surface area contributed by atoms with Crippen LogP contribution in [0.3, 0.4) is 0 Å². The van der Waals surface area contributed by atoms with Gasteiger partial charge in [0.15, 0.2) is 0 Å². The number of carbonyl (C=O) groups is 2. The largest absolute Gasteiger partial charge is 0.373 e. The Morgan fingerprint density at radius 1 is 1.30 bits per heavy atom. The van der Waals surface area contributed by atoms with E-state index in [0.717, 1.165) is 19.3 Å². The average molecular weight is 370 g/mol. The molecule has 0 saturated carbocycles. The van der Waals surface area contributed by atoms with Crippen molar-refractivity contribution in [2.45, 2.75) is 37.8 Å². The van der Waals surface area contributed by atoms with Crippen LogP contribution in [0.1, 0.15) is 45.9 Å². The van der Waals surface area contributed by atoms with Gasteiger partial charge in [0.25, 0.3) is 11.8 Å². The third kappa shape index (κ3) is 3.57. The number of pyridine rings is 1. The van der Waals surface area contributed by atoms with Gasteiger partial charge in [0.05, 0.1) is 24.4 Å². The summed E-state index contributed by atoms with van der Waals surface area (Å²) in [5.74, 6) is 0.299. The molecule has 0 radical (unpaired) electrons. The highest BCUT2D eigenvalue weighted by Gasteiger charge is 2.44. The minimum absolute atomic E-state index is 0.0397. The molecule has 27 heavy (non-hydrogen) atoms. The lowest BCUT2D eigenvalue weighted by molar-refractivity contribution is -0.0389. The molecule has 0 bridgehead atoms. The van der Waals surface area contributed by atoms with Crippen LogP contribution in [0.15, 0.2) is 35.1 Å². The summed E-state index contributed by atoms with van der Waals surface area (Å²) in [6, 6.07) is 5.22. The van der Waals surface area contributed by atoms with Gasteiger partial charge in [-0.3, -0.25) is 14.6 Å². The third-order valence-corrected chi connectivity index (χ3v) is 5.38. The molecule has 4 rings (SSSR count). The lowest BCUT2D eigenvalue weighted by Crippen LogP contribution is -2.47. The Morgan fingerprint density at radius 3 is 2.78 bits per heavy atom. The Balaban J connectivity index is 1.32. The van der Waals surface area contributed by atoms with Crippen LogP contribution in [0.4, 0.5) is 0 Å². The molecule has 2 saturated heterocycles. The Hall–Kier alpha value is -2.74. The van der Waals surface area contributed by atoms with E-state index in [0.29, 0.717) is 36.7 Å². The smallest absolute Gasteiger partial charge is 0.270 e. The zero-order valence-corrected chi connectivity index (χ0v) is 15.2. The van der Waals surface area contributed by atoms with Crippen LogP contribution < -0.4 is 5.32 Å². The van der Waals surface area contributed by atoms with Crippen LogP contribution in [-0.4, -0.2) is 58.2 Å². The molecule has 1 N–H and O–H groups in total. The van der Waals surface area contributed by atoms with Crippen molar-refractivity contribution in [1.29, 1.82) is 0 Å². The number of rotatable bonds is 3. The molecule has 2 fully saturated rings. The fourth-order valence-electron chi connectivity index (χ4n) is 3.83. The van der Waals surface area contributed by atoms with Gasteiger partial charge in [-0.25, -0.2) is 0 Å². The zero-order valence-electron chi connectivity index (χ0n) is 15.2. The van der Waals surface area contributed by atoms with Crippen LogP contribution in [0.2, 0.25) is 0 Å². The molecule has 8 nitrogen and oxygen atoms in total. The predicted molar refractivity (Wildman–Crippen MR) is 95.2 cm³/mol. The fraction of sp³-hybridized carbons (Fsp3) is 0.474. The number of carbonyl (C=O) groups excluding carboxylic acids is 2. The SMILES string of the molecule is Cc1oncc1C(=O)N1CCC2(CC1)C[C@@H](NC(=O)c1ccccn1)CO2. The first kappa shape index (κ1) is 17.7. The minimum Gasteiger partial charge on any atom is -0.373 e. The van der Waals surface area contributed by atoms with E-state index in [-0.39, 0.29) is 23.5 Å². The number of aryl methyl sites for hydroxylation is 1. The van der Waals surface area contributed by atoms with Gasteiger partial charge < -0.3 is 19.5 Å². The van der Waals surface area contributed by atoms with Crippen molar-refractivity contribution in [3.63, 3.8) is 0 Å². The Kier molecular flexibility index (Phi) is 4.65. The highest BCUT2D eigenvalue weighted by Crippen LogP contribution is 2.36. The van der Waals surface area contributed by atoms with Crippen LogP contribution in [0.5, 0.6) is 0 Å². The second-order valence-electron chi connectivity index (χ2n) is 7.17. The number of hydrogen-bond acceptors (Lipinski definition) is 6. The molecule has 2 aliphatic heterocycles. The van der Waals surface area contributed by atoms with E-state index in [1.54, 1.807) is 31.3 Å². The molecule has 8 heteroatoms. The first-order valence-corrected chi connectivity index (χ1v) is 9.13. The fourth-order valence-corrected chi connectivity index (χ4v) is 3.83. The molecular formula is C19H22N4O4. The summed E-state index contributed by atoms with van der Waals surface area (Å²) >= 11 is 0. The van der Waals surface area contributed by atoms with Gasteiger partial charge >= 0.3 is 0 Å². The second-order valence-corrected chi connectivity index (χ2v) is 7.17. The molecule has 2 aromatic heterocycles. The second kappa shape index (κ2) is 7.11. The van der Waals surface area contributed by atoms with Crippen molar-refractivity contribution in [3.8, 4) is 0 Å². The van der Waals surface area contributed by atoms with E-state index in [1.165, 1.54) is 6.20 Å². The van der Waals surface area contributed by atoms with Crippen molar-refractivity contribution < 1.29 is 18.8 Å². The van der Waals surface area contributed by atoms with Crippen LogP contribution >= 0.6 is 0 Å². The number of nitrogens with one attached hydrogen (secondary N) is 1. The van der Waals surface area contributed by atoms with Gasteiger partial charge in [-0.1, -0.05) is 11.2 Å². The van der Waals surface area contributed by atoms with Gasteiger partial charge in [-0.2, -0.15) is 0 Å². The first-order valence-electron chi connectivity index (χ1n) is 9.13. The van der Waals surface area contributed by atoms with Crippen molar-refractivity contribution >= 4 is 11.8 Å². The van der Waals surface area contributed by atoms with Gasteiger partial charge in [-0.05, 0) is 38.3 Å². The summed E-state index contributed by atoms with van der Waals surface area (Å²) in [5.41, 5.74) is 0.643. The van der Waals surface area contributed by atoms with E-state index < -0.39 is 0 Å². The monoisotopic (exact) mass is 370 g/mol. The third-order valence-electron chi connectivity index (χ3n) is 5.38. The van der Waals surface area contributed by atoms with Crippen molar-refractivity contribution in [2.24, 2.45) is 0 Å². The van der Waals surface area contributed by atoms with Crippen LogP contribution in [-0.2, 0) is 4.74 Å².